The first-order chi connectivity index (χ1) is 6.34. The Morgan fingerprint density at radius 1 is 1.31 bits per heavy atom. The molecule has 0 unspecified atom stereocenters. The van der Waals surface area contributed by atoms with Crippen LogP contribution in [0.5, 0.6) is 0 Å². The van der Waals surface area contributed by atoms with Crippen LogP contribution in [-0.4, -0.2) is 28.1 Å². The number of rotatable bonds is 1. The zero-order valence-corrected chi connectivity index (χ0v) is 9.29. The van der Waals surface area contributed by atoms with Gasteiger partial charge in [-0.2, -0.15) is 5.26 Å². The van der Waals surface area contributed by atoms with Crippen molar-refractivity contribution >= 4 is 28.3 Å². The van der Waals surface area contributed by atoms with Crippen LogP contribution >= 0.6 is 24.0 Å². The van der Waals surface area contributed by atoms with E-state index in [4.69, 9.17) is 17.5 Å². The Balaban J connectivity index is 2.31. The van der Waals surface area contributed by atoms with E-state index in [1.165, 1.54) is 37.4 Å². The Morgan fingerprint density at radius 3 is 2.46 bits per heavy atom. The van der Waals surface area contributed by atoms with Gasteiger partial charge in [0.2, 0.25) is 0 Å². The third-order valence-electron chi connectivity index (χ3n) is 2.12. The van der Waals surface area contributed by atoms with Gasteiger partial charge in [-0.25, -0.2) is 0 Å². The van der Waals surface area contributed by atoms with Crippen molar-refractivity contribution < 1.29 is 0 Å². The molecule has 0 aromatic heterocycles. The molecule has 4 heteroatoms. The van der Waals surface area contributed by atoms with E-state index < -0.39 is 0 Å². The Hall–Kier alpha value is -0.270. The fourth-order valence-corrected chi connectivity index (χ4v) is 2.35. The predicted octanol–water partition coefficient (Wildman–Crippen LogP) is 2.40. The Morgan fingerprint density at radius 2 is 1.92 bits per heavy atom. The summed E-state index contributed by atoms with van der Waals surface area (Å²) in [5, 5.41) is 8.42. The van der Waals surface area contributed by atoms with Gasteiger partial charge in [0.05, 0.1) is 11.8 Å². The van der Waals surface area contributed by atoms with Gasteiger partial charge >= 0.3 is 0 Å². The summed E-state index contributed by atoms with van der Waals surface area (Å²) in [6.07, 6.45) is 5.13. The fourth-order valence-electron chi connectivity index (χ4n) is 1.44. The molecule has 0 aliphatic carbocycles. The van der Waals surface area contributed by atoms with Gasteiger partial charge in [0.15, 0.2) is 0 Å². The molecule has 72 valence electrons. The van der Waals surface area contributed by atoms with E-state index in [2.05, 4.69) is 11.0 Å². The first-order valence-corrected chi connectivity index (χ1v) is 6.02. The van der Waals surface area contributed by atoms with Gasteiger partial charge < -0.3 is 4.90 Å². The minimum Gasteiger partial charge on any atom is -0.357 e. The molecule has 0 saturated carbocycles. The Bertz CT molecular complexity index is 202. The van der Waals surface area contributed by atoms with Gasteiger partial charge in [0.1, 0.15) is 4.32 Å². The van der Waals surface area contributed by atoms with Crippen molar-refractivity contribution in [3.63, 3.8) is 0 Å². The smallest absolute Gasteiger partial charge is 0.137 e. The second-order valence-electron chi connectivity index (χ2n) is 3.11. The van der Waals surface area contributed by atoms with Crippen LogP contribution in [0, 0.1) is 11.3 Å². The minimum atomic E-state index is 0.481. The lowest BCUT2D eigenvalue weighted by atomic mass is 10.2. The van der Waals surface area contributed by atoms with Gasteiger partial charge in [-0.05, 0) is 12.8 Å². The second-order valence-corrected chi connectivity index (χ2v) is 4.72. The maximum atomic E-state index is 8.42. The molecular formula is C9H14N2S2. The van der Waals surface area contributed by atoms with E-state index in [0.717, 1.165) is 17.4 Å². The van der Waals surface area contributed by atoms with Crippen molar-refractivity contribution in [3.8, 4) is 6.07 Å². The first kappa shape index (κ1) is 10.8. The number of hydrogen-bond donors (Lipinski definition) is 0. The van der Waals surface area contributed by atoms with Gasteiger partial charge in [-0.3, -0.25) is 0 Å². The average Bonchev–Trinajstić information content (AvgIpc) is 2.42. The van der Waals surface area contributed by atoms with Crippen LogP contribution in [-0.2, 0) is 0 Å². The van der Waals surface area contributed by atoms with Gasteiger partial charge in [-0.1, -0.05) is 36.8 Å². The summed E-state index contributed by atoms with van der Waals surface area (Å²) in [7, 11) is 0. The van der Waals surface area contributed by atoms with Crippen LogP contribution < -0.4 is 0 Å². The molecule has 0 radical (unpaired) electrons. The van der Waals surface area contributed by atoms with Gasteiger partial charge in [-0.15, -0.1) is 0 Å². The molecule has 0 N–H and O–H groups in total. The highest BCUT2D eigenvalue weighted by Crippen LogP contribution is 2.15. The molecule has 1 rings (SSSR count). The number of thiocarbonyl (C=S) groups is 1. The molecule has 1 fully saturated rings. The molecule has 1 saturated heterocycles. The minimum absolute atomic E-state index is 0.481. The summed E-state index contributed by atoms with van der Waals surface area (Å²) in [5.74, 6) is 0.481. The maximum Gasteiger partial charge on any atom is 0.137 e. The molecule has 0 aromatic carbocycles. The summed E-state index contributed by atoms with van der Waals surface area (Å²) in [4.78, 5) is 2.24. The van der Waals surface area contributed by atoms with Crippen LogP contribution in [0.1, 0.15) is 25.7 Å². The van der Waals surface area contributed by atoms with Crippen LogP contribution in [0.15, 0.2) is 0 Å². The highest BCUT2D eigenvalue weighted by Gasteiger charge is 2.11. The van der Waals surface area contributed by atoms with Crippen molar-refractivity contribution in [1.82, 2.24) is 4.90 Å². The number of thioether (sulfide) groups is 1. The third kappa shape index (κ3) is 3.97. The Kier molecular flexibility index (Phi) is 5.18. The van der Waals surface area contributed by atoms with Crippen molar-refractivity contribution in [1.29, 1.82) is 5.26 Å². The number of nitrogens with zero attached hydrogens (tertiary/aromatic N) is 2. The average molecular weight is 214 g/mol. The SMILES string of the molecule is N#CCSC(=S)N1CCCCCC1. The molecule has 1 aliphatic heterocycles. The van der Waals surface area contributed by atoms with Crippen LogP contribution in [0.25, 0.3) is 0 Å². The molecule has 1 heterocycles. The summed E-state index contributed by atoms with van der Waals surface area (Å²) in [6.45, 7) is 2.16. The molecular weight excluding hydrogens is 200 g/mol. The highest BCUT2D eigenvalue weighted by molar-refractivity contribution is 8.23. The van der Waals surface area contributed by atoms with Crippen LogP contribution in [0.4, 0.5) is 0 Å². The summed E-state index contributed by atoms with van der Waals surface area (Å²) < 4.78 is 0.906. The lowest BCUT2D eigenvalue weighted by Gasteiger charge is -2.21. The van der Waals surface area contributed by atoms with Crippen molar-refractivity contribution in [2.75, 3.05) is 18.8 Å². The number of nitriles is 1. The van der Waals surface area contributed by atoms with Gasteiger partial charge in [0, 0.05) is 13.1 Å². The summed E-state index contributed by atoms with van der Waals surface area (Å²) in [5.41, 5.74) is 0. The quantitative estimate of drug-likeness (QED) is 0.626. The van der Waals surface area contributed by atoms with Crippen LogP contribution in [0.3, 0.4) is 0 Å². The fraction of sp³-hybridized carbons (Fsp3) is 0.778. The maximum absolute atomic E-state index is 8.42. The molecule has 0 amide bonds. The molecule has 0 aromatic rings. The summed E-state index contributed by atoms with van der Waals surface area (Å²) >= 11 is 6.73. The normalized spacial score (nSPS) is 17.6. The van der Waals surface area contributed by atoms with Crippen LogP contribution in [0.2, 0.25) is 0 Å². The molecule has 2 nitrogen and oxygen atoms in total. The van der Waals surface area contributed by atoms with Crippen molar-refractivity contribution in [2.45, 2.75) is 25.7 Å². The third-order valence-corrected chi connectivity index (χ3v) is 3.51. The number of hydrogen-bond acceptors (Lipinski definition) is 3. The zero-order valence-electron chi connectivity index (χ0n) is 7.66. The van der Waals surface area contributed by atoms with E-state index in [0.29, 0.717) is 5.75 Å². The molecule has 0 spiro atoms. The molecule has 0 atom stereocenters. The van der Waals surface area contributed by atoms with E-state index in [1.807, 2.05) is 0 Å². The lowest BCUT2D eigenvalue weighted by molar-refractivity contribution is 0.450. The highest BCUT2D eigenvalue weighted by atomic mass is 32.2. The van der Waals surface area contributed by atoms with E-state index in [-0.39, 0.29) is 0 Å². The number of likely N-dealkylation sites (tertiary alicyclic amines) is 1. The Labute approximate surface area is 89.3 Å². The topological polar surface area (TPSA) is 27.0 Å². The molecule has 0 bridgehead atoms. The summed E-state index contributed by atoms with van der Waals surface area (Å²) in [6, 6.07) is 2.10. The second kappa shape index (κ2) is 6.22. The largest absolute Gasteiger partial charge is 0.357 e. The lowest BCUT2D eigenvalue weighted by Crippen LogP contribution is -2.28. The molecule has 1 aliphatic rings. The molecule has 13 heavy (non-hydrogen) atoms. The van der Waals surface area contributed by atoms with Gasteiger partial charge in [0.25, 0.3) is 0 Å². The standard InChI is InChI=1S/C9H14N2S2/c10-5-8-13-9(12)11-6-3-1-2-4-7-11/h1-4,6-8H2. The monoisotopic (exact) mass is 214 g/mol. The van der Waals surface area contributed by atoms with Crippen molar-refractivity contribution in [2.24, 2.45) is 0 Å². The van der Waals surface area contributed by atoms with Crippen molar-refractivity contribution in [3.05, 3.63) is 0 Å². The first-order valence-electron chi connectivity index (χ1n) is 4.63. The zero-order chi connectivity index (χ0) is 9.52. The van der Waals surface area contributed by atoms with E-state index in [1.54, 1.807) is 0 Å². The predicted molar refractivity (Wildman–Crippen MR) is 60.7 cm³/mol. The van der Waals surface area contributed by atoms with E-state index in [9.17, 15) is 0 Å². The van der Waals surface area contributed by atoms with E-state index >= 15 is 0 Å².